The van der Waals surface area contributed by atoms with Gasteiger partial charge in [0.2, 0.25) is 11.7 Å². The van der Waals surface area contributed by atoms with E-state index in [1.54, 1.807) is 6.92 Å². The lowest BCUT2D eigenvalue weighted by Gasteiger charge is -2.09. The minimum atomic E-state index is -0.135. The monoisotopic (exact) mass is 307 g/mol. The fourth-order valence-electron chi connectivity index (χ4n) is 2.42. The molecule has 3 rings (SSSR count). The van der Waals surface area contributed by atoms with E-state index in [9.17, 15) is 4.79 Å². The molecule has 0 aliphatic carbocycles. The third-order valence-electron chi connectivity index (χ3n) is 3.53. The molecular formula is C18H17N3O2. The van der Waals surface area contributed by atoms with Crippen LogP contribution in [-0.4, -0.2) is 16.0 Å². The van der Waals surface area contributed by atoms with Crippen molar-refractivity contribution >= 4 is 11.6 Å². The maximum atomic E-state index is 12.4. The Morgan fingerprint density at radius 1 is 1.09 bits per heavy atom. The standard InChI is InChI=1S/C18H17N3O2/c1-11-7-8-16(12(2)9-11)18(22)20-15-6-4-5-14(10-15)17-19-13(3)23-21-17/h4-10H,1-3H3,(H,20,22). The molecule has 5 heteroatoms. The quantitative estimate of drug-likeness (QED) is 0.796. The van der Waals surface area contributed by atoms with Gasteiger partial charge in [0.05, 0.1) is 0 Å². The smallest absolute Gasteiger partial charge is 0.255 e. The van der Waals surface area contributed by atoms with Crippen LogP contribution >= 0.6 is 0 Å². The predicted molar refractivity (Wildman–Crippen MR) is 88.3 cm³/mol. The van der Waals surface area contributed by atoms with E-state index >= 15 is 0 Å². The van der Waals surface area contributed by atoms with Crippen LogP contribution in [0.1, 0.15) is 27.4 Å². The molecule has 1 amide bonds. The summed E-state index contributed by atoms with van der Waals surface area (Å²) in [6.07, 6.45) is 0. The lowest BCUT2D eigenvalue weighted by molar-refractivity contribution is 0.102. The lowest BCUT2D eigenvalue weighted by Crippen LogP contribution is -2.13. The summed E-state index contributed by atoms with van der Waals surface area (Å²) in [6.45, 7) is 5.67. The second-order valence-corrected chi connectivity index (χ2v) is 5.49. The summed E-state index contributed by atoms with van der Waals surface area (Å²) in [6, 6.07) is 13.1. The molecule has 1 aromatic heterocycles. The number of benzene rings is 2. The van der Waals surface area contributed by atoms with Crippen molar-refractivity contribution in [2.75, 3.05) is 5.32 Å². The molecule has 0 saturated heterocycles. The summed E-state index contributed by atoms with van der Waals surface area (Å²) < 4.78 is 4.99. The van der Waals surface area contributed by atoms with E-state index in [1.807, 2.05) is 56.3 Å². The number of rotatable bonds is 3. The minimum absolute atomic E-state index is 0.135. The number of hydrogen-bond donors (Lipinski definition) is 1. The molecule has 116 valence electrons. The van der Waals surface area contributed by atoms with Crippen LogP contribution in [0.3, 0.4) is 0 Å². The van der Waals surface area contributed by atoms with Gasteiger partial charge in [-0.25, -0.2) is 0 Å². The van der Waals surface area contributed by atoms with Gasteiger partial charge < -0.3 is 9.84 Å². The molecule has 0 unspecified atom stereocenters. The van der Waals surface area contributed by atoms with Gasteiger partial charge in [0.1, 0.15) is 0 Å². The van der Waals surface area contributed by atoms with Gasteiger partial charge in [-0.05, 0) is 37.6 Å². The van der Waals surface area contributed by atoms with Crippen LogP contribution in [-0.2, 0) is 0 Å². The van der Waals surface area contributed by atoms with Crippen LogP contribution < -0.4 is 5.32 Å². The van der Waals surface area contributed by atoms with Gasteiger partial charge >= 0.3 is 0 Å². The van der Waals surface area contributed by atoms with E-state index in [0.717, 1.165) is 16.7 Å². The van der Waals surface area contributed by atoms with Crippen molar-refractivity contribution in [3.63, 3.8) is 0 Å². The molecule has 0 aliphatic rings. The van der Waals surface area contributed by atoms with Crippen LogP contribution in [0.5, 0.6) is 0 Å². The second kappa shape index (κ2) is 6.04. The van der Waals surface area contributed by atoms with Crippen LogP contribution in [0.15, 0.2) is 47.0 Å². The molecule has 0 spiro atoms. The Morgan fingerprint density at radius 3 is 2.61 bits per heavy atom. The fraction of sp³-hybridized carbons (Fsp3) is 0.167. The van der Waals surface area contributed by atoms with Crippen molar-refractivity contribution in [3.05, 3.63) is 65.0 Å². The van der Waals surface area contributed by atoms with Crippen LogP contribution in [0.4, 0.5) is 5.69 Å². The highest BCUT2D eigenvalue weighted by atomic mass is 16.5. The van der Waals surface area contributed by atoms with Crippen molar-refractivity contribution in [2.45, 2.75) is 20.8 Å². The fourth-order valence-corrected chi connectivity index (χ4v) is 2.42. The van der Waals surface area contributed by atoms with E-state index in [4.69, 9.17) is 4.52 Å². The van der Waals surface area contributed by atoms with Crippen LogP contribution in [0.25, 0.3) is 11.4 Å². The first kappa shape index (κ1) is 15.0. The number of hydrogen-bond acceptors (Lipinski definition) is 4. The Balaban J connectivity index is 1.84. The van der Waals surface area contributed by atoms with E-state index in [1.165, 1.54) is 0 Å². The predicted octanol–water partition coefficient (Wildman–Crippen LogP) is 3.91. The van der Waals surface area contributed by atoms with Gasteiger partial charge in [-0.3, -0.25) is 4.79 Å². The first-order valence-corrected chi connectivity index (χ1v) is 7.32. The topological polar surface area (TPSA) is 68.0 Å². The number of aryl methyl sites for hydroxylation is 3. The Kier molecular flexibility index (Phi) is 3.93. The number of nitrogens with one attached hydrogen (secondary N) is 1. The van der Waals surface area contributed by atoms with Crippen molar-refractivity contribution in [1.82, 2.24) is 10.1 Å². The molecule has 3 aromatic rings. The summed E-state index contributed by atoms with van der Waals surface area (Å²) in [7, 11) is 0. The highest BCUT2D eigenvalue weighted by Crippen LogP contribution is 2.21. The zero-order valence-electron chi connectivity index (χ0n) is 13.3. The van der Waals surface area contributed by atoms with Crippen molar-refractivity contribution in [2.24, 2.45) is 0 Å². The number of amides is 1. The van der Waals surface area contributed by atoms with Crippen LogP contribution in [0, 0.1) is 20.8 Å². The van der Waals surface area contributed by atoms with Gasteiger partial charge in [0, 0.05) is 23.7 Å². The largest absolute Gasteiger partial charge is 0.339 e. The highest BCUT2D eigenvalue weighted by molar-refractivity contribution is 6.05. The third kappa shape index (κ3) is 3.29. The zero-order valence-corrected chi connectivity index (χ0v) is 13.3. The summed E-state index contributed by atoms with van der Waals surface area (Å²) in [5, 5.41) is 6.80. The molecule has 1 N–H and O–H groups in total. The van der Waals surface area contributed by atoms with Crippen molar-refractivity contribution in [3.8, 4) is 11.4 Å². The Labute approximate surface area is 134 Å². The molecule has 0 fully saturated rings. The van der Waals surface area contributed by atoms with Gasteiger partial charge in [-0.1, -0.05) is 35.0 Å². The molecule has 0 aliphatic heterocycles. The number of aromatic nitrogens is 2. The summed E-state index contributed by atoms with van der Waals surface area (Å²) >= 11 is 0. The third-order valence-corrected chi connectivity index (χ3v) is 3.53. The van der Waals surface area contributed by atoms with Crippen molar-refractivity contribution < 1.29 is 9.32 Å². The Morgan fingerprint density at radius 2 is 1.91 bits per heavy atom. The molecule has 2 aromatic carbocycles. The molecule has 0 saturated carbocycles. The minimum Gasteiger partial charge on any atom is -0.339 e. The van der Waals surface area contributed by atoms with Gasteiger partial charge in [-0.15, -0.1) is 0 Å². The molecule has 23 heavy (non-hydrogen) atoms. The van der Waals surface area contributed by atoms with E-state index in [0.29, 0.717) is 23.0 Å². The Bertz CT molecular complexity index is 868. The average Bonchev–Trinajstić information content (AvgIpc) is 2.94. The van der Waals surface area contributed by atoms with Gasteiger partial charge in [0.25, 0.3) is 5.91 Å². The maximum absolute atomic E-state index is 12.4. The highest BCUT2D eigenvalue weighted by Gasteiger charge is 2.11. The average molecular weight is 307 g/mol. The summed E-state index contributed by atoms with van der Waals surface area (Å²) in [5.41, 5.74) is 4.23. The molecule has 0 radical (unpaired) electrons. The molecule has 0 bridgehead atoms. The molecule has 5 nitrogen and oxygen atoms in total. The SMILES string of the molecule is Cc1ccc(C(=O)Nc2cccc(-c3noc(C)n3)c2)c(C)c1. The van der Waals surface area contributed by atoms with Gasteiger partial charge in [0.15, 0.2) is 0 Å². The Hall–Kier alpha value is -2.95. The van der Waals surface area contributed by atoms with Crippen molar-refractivity contribution in [1.29, 1.82) is 0 Å². The number of carbonyl (C=O) groups is 1. The van der Waals surface area contributed by atoms with E-state index < -0.39 is 0 Å². The van der Waals surface area contributed by atoms with E-state index in [-0.39, 0.29) is 5.91 Å². The molecular weight excluding hydrogens is 290 g/mol. The maximum Gasteiger partial charge on any atom is 0.255 e. The van der Waals surface area contributed by atoms with Gasteiger partial charge in [-0.2, -0.15) is 4.98 Å². The van der Waals surface area contributed by atoms with E-state index in [2.05, 4.69) is 15.5 Å². The molecule has 0 atom stereocenters. The zero-order chi connectivity index (χ0) is 16.4. The summed E-state index contributed by atoms with van der Waals surface area (Å²) in [4.78, 5) is 16.6. The van der Waals surface area contributed by atoms with Crippen LogP contribution in [0.2, 0.25) is 0 Å². The lowest BCUT2D eigenvalue weighted by atomic mass is 10.1. The molecule has 1 heterocycles. The normalized spacial score (nSPS) is 10.6. The summed E-state index contributed by atoms with van der Waals surface area (Å²) in [5.74, 6) is 0.874. The first-order chi connectivity index (χ1) is 11.0. The number of carbonyl (C=O) groups excluding carboxylic acids is 1. The number of anilines is 1. The number of nitrogens with zero attached hydrogens (tertiary/aromatic N) is 2. The first-order valence-electron chi connectivity index (χ1n) is 7.32. The second-order valence-electron chi connectivity index (χ2n) is 5.49.